The highest BCUT2D eigenvalue weighted by atomic mass is 32.1. The van der Waals surface area contributed by atoms with E-state index in [4.69, 9.17) is 4.74 Å². The number of aromatic nitrogens is 2. The molecule has 1 fully saturated rings. The first-order valence-electron chi connectivity index (χ1n) is 18.2. The van der Waals surface area contributed by atoms with Gasteiger partial charge in [0.1, 0.15) is 17.8 Å². The van der Waals surface area contributed by atoms with E-state index in [0.29, 0.717) is 12.4 Å². The molecular formula is C41H50N4O6S. The molecule has 0 radical (unpaired) electrons. The van der Waals surface area contributed by atoms with Gasteiger partial charge in [-0.2, -0.15) is 0 Å². The predicted molar refractivity (Wildman–Crippen MR) is 203 cm³/mol. The maximum atomic E-state index is 14.0. The Morgan fingerprint density at radius 3 is 2.04 bits per heavy atom. The zero-order chi connectivity index (χ0) is 37.3. The topological polar surface area (TPSA) is 142 Å². The molecule has 276 valence electrons. The minimum atomic E-state index is -1.20. The number of carbonyl (C=O) groups excluding carboxylic acids is 1. The second-order valence-electron chi connectivity index (χ2n) is 14.5. The van der Waals surface area contributed by atoms with E-state index in [1.807, 2.05) is 54.6 Å². The van der Waals surface area contributed by atoms with Gasteiger partial charge in [0.05, 0.1) is 12.6 Å². The summed E-state index contributed by atoms with van der Waals surface area (Å²) in [6.45, 7) is 9.74. The molecule has 1 aliphatic heterocycles. The second kappa shape index (κ2) is 17.7. The fourth-order valence-electron chi connectivity index (χ4n) is 6.42. The molecule has 4 aromatic rings. The summed E-state index contributed by atoms with van der Waals surface area (Å²) in [5.74, 6) is -1.53. The lowest BCUT2D eigenvalue weighted by molar-refractivity contribution is -0.156. The highest BCUT2D eigenvalue weighted by Gasteiger charge is 2.46. The average Bonchev–Trinajstić information content (AvgIpc) is 3.81. The number of rotatable bonds is 17. The van der Waals surface area contributed by atoms with E-state index in [9.17, 15) is 24.6 Å². The van der Waals surface area contributed by atoms with Crippen LogP contribution in [0.4, 0.5) is 0 Å². The van der Waals surface area contributed by atoms with Crippen molar-refractivity contribution in [3.63, 3.8) is 0 Å². The second-order valence-corrected chi connectivity index (χ2v) is 15.6. The Kier molecular flexibility index (Phi) is 13.2. The van der Waals surface area contributed by atoms with Crippen LogP contribution >= 0.6 is 11.3 Å². The number of benzene rings is 2. The van der Waals surface area contributed by atoms with E-state index >= 15 is 0 Å². The third-order valence-electron chi connectivity index (χ3n) is 9.44. The zero-order valence-electron chi connectivity index (χ0n) is 30.5. The van der Waals surface area contributed by atoms with Crippen LogP contribution in [0.1, 0.15) is 88.0 Å². The SMILES string of the molecule is CCCCCCCOc1ccc(-c2cnc(-c3ccc(CC(NCc4ccc(C(C)(C)C)s4)C(=O)N4C(C(=O)O)CCC4C(=O)O)cc3)nc2)cc1. The smallest absolute Gasteiger partial charge is 0.326 e. The molecule has 2 aromatic carbocycles. The number of carbonyl (C=O) groups is 3. The summed E-state index contributed by atoms with van der Waals surface area (Å²) in [5.41, 5.74) is 3.50. The predicted octanol–water partition coefficient (Wildman–Crippen LogP) is 7.75. The summed E-state index contributed by atoms with van der Waals surface area (Å²) < 4.78 is 5.90. The highest BCUT2D eigenvalue weighted by Crippen LogP contribution is 2.31. The Hall–Kier alpha value is -4.61. The number of ether oxygens (including phenoxy) is 1. The van der Waals surface area contributed by atoms with Crippen LogP contribution in [0.15, 0.2) is 73.1 Å². The number of thiophene rings is 1. The van der Waals surface area contributed by atoms with Gasteiger partial charge in [0.25, 0.3) is 0 Å². The monoisotopic (exact) mass is 726 g/mol. The molecule has 0 spiro atoms. The van der Waals surface area contributed by atoms with Gasteiger partial charge in [-0.05, 0) is 66.5 Å². The maximum absolute atomic E-state index is 14.0. The molecule has 5 rings (SSSR count). The van der Waals surface area contributed by atoms with Crippen LogP contribution in [0.3, 0.4) is 0 Å². The normalized spacial score (nSPS) is 16.5. The van der Waals surface area contributed by atoms with Crippen molar-refractivity contribution in [2.24, 2.45) is 0 Å². The van der Waals surface area contributed by atoms with Crippen LogP contribution in [0.2, 0.25) is 0 Å². The molecule has 1 amide bonds. The third kappa shape index (κ3) is 10.0. The maximum Gasteiger partial charge on any atom is 0.326 e. The van der Waals surface area contributed by atoms with E-state index < -0.39 is 36.0 Å². The lowest BCUT2D eigenvalue weighted by Crippen LogP contribution is -2.55. The number of carboxylic acids is 2. The quantitative estimate of drug-likeness (QED) is 0.0932. The van der Waals surface area contributed by atoms with E-state index in [2.05, 4.69) is 49.0 Å². The number of amides is 1. The summed E-state index contributed by atoms with van der Waals surface area (Å²) in [4.78, 5) is 50.7. The molecule has 11 heteroatoms. The molecule has 10 nitrogen and oxygen atoms in total. The third-order valence-corrected chi connectivity index (χ3v) is 11.0. The lowest BCUT2D eigenvalue weighted by atomic mass is 9.95. The Morgan fingerprint density at radius 1 is 0.846 bits per heavy atom. The molecule has 0 aliphatic carbocycles. The number of likely N-dealkylation sites (tertiary alicyclic amines) is 1. The number of nitrogens with one attached hydrogen (secondary N) is 1. The molecule has 1 aliphatic rings. The summed E-state index contributed by atoms with van der Waals surface area (Å²) in [5, 5.41) is 23.0. The Labute approximate surface area is 310 Å². The largest absolute Gasteiger partial charge is 0.494 e. The number of hydrogen-bond acceptors (Lipinski definition) is 8. The van der Waals surface area contributed by atoms with Crippen molar-refractivity contribution < 1.29 is 29.3 Å². The van der Waals surface area contributed by atoms with Gasteiger partial charge in [-0.1, -0.05) is 89.8 Å². The van der Waals surface area contributed by atoms with Crippen LogP contribution in [-0.2, 0) is 32.8 Å². The number of aliphatic carboxylic acids is 2. The lowest BCUT2D eigenvalue weighted by Gasteiger charge is -2.30. The summed E-state index contributed by atoms with van der Waals surface area (Å²) >= 11 is 1.65. The van der Waals surface area contributed by atoms with Gasteiger partial charge in [0, 0.05) is 39.8 Å². The fourth-order valence-corrected chi connectivity index (χ4v) is 7.44. The number of unbranched alkanes of at least 4 members (excludes halogenated alkanes) is 4. The van der Waals surface area contributed by atoms with Gasteiger partial charge in [0.2, 0.25) is 5.91 Å². The van der Waals surface area contributed by atoms with Crippen molar-refractivity contribution in [1.29, 1.82) is 0 Å². The van der Waals surface area contributed by atoms with Gasteiger partial charge < -0.3 is 25.2 Å². The standard InChI is InChI=1S/C41H50N4O6S/c1-5-6-7-8-9-22-51-31-16-14-28(15-17-31)30-24-43-37(44-25-30)29-12-10-27(11-13-29)23-33(42-26-32-18-21-36(52-32)41(2,3)4)38(46)45-34(39(47)48)19-20-35(45)40(49)50/h10-18,21,24-25,33-35,42H,5-9,19-20,22-23,26H2,1-4H3,(H,47,48)(H,49,50). The molecule has 0 bridgehead atoms. The highest BCUT2D eigenvalue weighted by molar-refractivity contribution is 7.12. The van der Waals surface area contributed by atoms with Crippen LogP contribution in [0.5, 0.6) is 5.75 Å². The number of nitrogens with zero attached hydrogens (tertiary/aromatic N) is 3. The summed E-state index contributed by atoms with van der Waals surface area (Å²) in [6.07, 6.45) is 10.0. The Morgan fingerprint density at radius 2 is 1.46 bits per heavy atom. The van der Waals surface area contributed by atoms with E-state index in [1.165, 1.54) is 30.6 Å². The van der Waals surface area contributed by atoms with Gasteiger partial charge in [0.15, 0.2) is 5.82 Å². The van der Waals surface area contributed by atoms with E-state index in [0.717, 1.165) is 50.8 Å². The molecule has 1 saturated heterocycles. The minimum Gasteiger partial charge on any atom is -0.494 e. The van der Waals surface area contributed by atoms with Crippen LogP contribution in [0, 0.1) is 0 Å². The number of carboxylic acid groups (broad SMARTS) is 2. The van der Waals surface area contributed by atoms with Crippen molar-refractivity contribution in [3.05, 3.63) is 88.4 Å². The Bertz CT molecular complexity index is 1760. The van der Waals surface area contributed by atoms with Crippen LogP contribution in [0.25, 0.3) is 22.5 Å². The van der Waals surface area contributed by atoms with Crippen molar-refractivity contribution >= 4 is 29.2 Å². The van der Waals surface area contributed by atoms with Gasteiger partial charge in [-0.3, -0.25) is 4.79 Å². The van der Waals surface area contributed by atoms with Crippen molar-refractivity contribution in [1.82, 2.24) is 20.2 Å². The fraction of sp³-hybridized carbons (Fsp3) is 0.439. The van der Waals surface area contributed by atoms with Crippen LogP contribution in [-0.4, -0.2) is 67.7 Å². The van der Waals surface area contributed by atoms with Gasteiger partial charge in [-0.25, -0.2) is 19.6 Å². The van der Waals surface area contributed by atoms with E-state index in [1.54, 1.807) is 23.7 Å². The summed E-state index contributed by atoms with van der Waals surface area (Å²) in [7, 11) is 0. The van der Waals surface area contributed by atoms with Crippen molar-refractivity contribution in [2.75, 3.05) is 6.61 Å². The summed E-state index contributed by atoms with van der Waals surface area (Å²) in [6, 6.07) is 16.4. The van der Waals surface area contributed by atoms with Crippen LogP contribution < -0.4 is 10.1 Å². The van der Waals surface area contributed by atoms with Crippen molar-refractivity contribution in [2.45, 2.75) is 109 Å². The molecule has 3 atom stereocenters. The molecular weight excluding hydrogens is 677 g/mol. The molecule has 3 heterocycles. The molecule has 3 N–H and O–H groups in total. The molecule has 2 aromatic heterocycles. The van der Waals surface area contributed by atoms with Gasteiger partial charge >= 0.3 is 11.9 Å². The number of hydrogen-bond donors (Lipinski definition) is 3. The molecule has 3 unspecified atom stereocenters. The zero-order valence-corrected chi connectivity index (χ0v) is 31.3. The molecule has 0 saturated carbocycles. The molecule has 52 heavy (non-hydrogen) atoms. The first-order chi connectivity index (χ1) is 24.9. The van der Waals surface area contributed by atoms with Crippen molar-refractivity contribution in [3.8, 4) is 28.3 Å². The average molecular weight is 727 g/mol. The van der Waals surface area contributed by atoms with E-state index in [-0.39, 0.29) is 24.7 Å². The minimum absolute atomic E-state index is 0.0173. The first-order valence-corrected chi connectivity index (χ1v) is 19.0. The van der Waals surface area contributed by atoms with Gasteiger partial charge in [-0.15, -0.1) is 11.3 Å². The Balaban J connectivity index is 1.26. The first kappa shape index (κ1) is 38.6.